The minimum Gasteiger partial charge on any atom is -0.494 e. The summed E-state index contributed by atoms with van der Waals surface area (Å²) in [7, 11) is 0. The molecule has 0 spiro atoms. The first-order valence-electron chi connectivity index (χ1n) is 4.52. The van der Waals surface area contributed by atoms with Crippen LogP contribution in [0.25, 0.3) is 0 Å². The van der Waals surface area contributed by atoms with E-state index in [9.17, 15) is 0 Å². The van der Waals surface area contributed by atoms with Crippen molar-refractivity contribution in [3.05, 3.63) is 29.3 Å². The first kappa shape index (κ1) is 10.6. The summed E-state index contributed by atoms with van der Waals surface area (Å²) in [4.78, 5) is 0.342. The van der Waals surface area contributed by atoms with Crippen LogP contribution in [0.15, 0.2) is 18.2 Å². The second-order valence-corrected chi connectivity index (χ2v) is 4.46. The van der Waals surface area contributed by atoms with Crippen LogP contribution in [0.2, 0.25) is 0 Å². The van der Waals surface area contributed by atoms with Crippen molar-refractivity contribution in [2.75, 3.05) is 6.61 Å². The molecule has 2 heteroatoms. The Bertz CT molecular complexity index is 281. The predicted octanol–water partition coefficient (Wildman–Crippen LogP) is 3.85. The smallest absolute Gasteiger partial charge is 0.123 e. The van der Waals surface area contributed by atoms with Gasteiger partial charge in [-0.3, -0.25) is 0 Å². The van der Waals surface area contributed by atoms with Gasteiger partial charge >= 0.3 is 0 Å². The molecule has 1 rings (SSSR count). The van der Waals surface area contributed by atoms with Crippen LogP contribution in [0.5, 0.6) is 5.75 Å². The Labute approximate surface area is 88.2 Å². The van der Waals surface area contributed by atoms with Crippen molar-refractivity contribution in [3.63, 3.8) is 0 Å². The summed E-state index contributed by atoms with van der Waals surface area (Å²) >= 11 is 3.56. The maximum atomic E-state index is 5.52. The first-order chi connectivity index (χ1) is 6.15. The molecule has 1 aromatic carbocycles. The van der Waals surface area contributed by atoms with Crippen LogP contribution < -0.4 is 4.74 Å². The van der Waals surface area contributed by atoms with Crippen molar-refractivity contribution in [2.24, 2.45) is 0 Å². The van der Waals surface area contributed by atoms with Crippen LogP contribution in [0.4, 0.5) is 0 Å². The molecule has 0 saturated heterocycles. The number of hydrogen-bond donors (Lipinski definition) is 0. The second-order valence-electron chi connectivity index (χ2n) is 3.09. The normalized spacial score (nSPS) is 12.6. The standard InChI is InChI=1S/C11H15BrO/c1-4-13-11-6-5-8(2)7-10(11)9(3)12/h5-7,9H,4H2,1-3H3. The van der Waals surface area contributed by atoms with E-state index in [2.05, 4.69) is 41.9 Å². The largest absolute Gasteiger partial charge is 0.494 e. The summed E-state index contributed by atoms with van der Waals surface area (Å²) in [5.41, 5.74) is 2.49. The van der Waals surface area contributed by atoms with Gasteiger partial charge in [-0.1, -0.05) is 33.6 Å². The van der Waals surface area contributed by atoms with Gasteiger partial charge in [0.1, 0.15) is 5.75 Å². The Kier molecular flexibility index (Phi) is 3.79. The Morgan fingerprint density at radius 3 is 2.69 bits per heavy atom. The molecule has 13 heavy (non-hydrogen) atoms. The van der Waals surface area contributed by atoms with Crippen LogP contribution in [0, 0.1) is 6.92 Å². The summed E-state index contributed by atoms with van der Waals surface area (Å²) in [6.45, 7) is 6.92. The van der Waals surface area contributed by atoms with E-state index in [0.29, 0.717) is 4.83 Å². The van der Waals surface area contributed by atoms with E-state index < -0.39 is 0 Å². The molecule has 0 heterocycles. The van der Waals surface area contributed by atoms with Gasteiger partial charge in [-0.05, 0) is 26.8 Å². The lowest BCUT2D eigenvalue weighted by atomic mass is 10.1. The molecule has 0 aliphatic heterocycles. The van der Waals surface area contributed by atoms with Gasteiger partial charge in [0.25, 0.3) is 0 Å². The van der Waals surface area contributed by atoms with Crippen molar-refractivity contribution in [2.45, 2.75) is 25.6 Å². The fraction of sp³-hybridized carbons (Fsp3) is 0.455. The van der Waals surface area contributed by atoms with Gasteiger partial charge in [0.15, 0.2) is 0 Å². The van der Waals surface area contributed by atoms with Crippen molar-refractivity contribution < 1.29 is 4.74 Å². The zero-order valence-corrected chi connectivity index (χ0v) is 9.89. The number of alkyl halides is 1. The summed E-state index contributed by atoms with van der Waals surface area (Å²) in [5, 5.41) is 0. The number of rotatable bonds is 3. The van der Waals surface area contributed by atoms with Gasteiger partial charge in [0, 0.05) is 10.4 Å². The van der Waals surface area contributed by atoms with Crippen molar-refractivity contribution in [1.82, 2.24) is 0 Å². The second kappa shape index (κ2) is 4.66. The number of hydrogen-bond acceptors (Lipinski definition) is 1. The molecule has 72 valence electrons. The third kappa shape index (κ3) is 2.73. The lowest BCUT2D eigenvalue weighted by Crippen LogP contribution is -1.97. The Morgan fingerprint density at radius 2 is 2.15 bits per heavy atom. The molecule has 1 atom stereocenters. The molecule has 0 fully saturated rings. The monoisotopic (exact) mass is 242 g/mol. The van der Waals surface area contributed by atoms with E-state index >= 15 is 0 Å². The highest BCUT2D eigenvalue weighted by Crippen LogP contribution is 2.31. The van der Waals surface area contributed by atoms with Crippen molar-refractivity contribution >= 4 is 15.9 Å². The highest BCUT2D eigenvalue weighted by atomic mass is 79.9. The highest BCUT2D eigenvalue weighted by molar-refractivity contribution is 9.09. The zero-order valence-electron chi connectivity index (χ0n) is 8.30. The van der Waals surface area contributed by atoms with Gasteiger partial charge in [-0.25, -0.2) is 0 Å². The molecule has 0 aliphatic carbocycles. The fourth-order valence-electron chi connectivity index (χ4n) is 1.27. The van der Waals surface area contributed by atoms with E-state index in [-0.39, 0.29) is 0 Å². The third-order valence-corrected chi connectivity index (χ3v) is 2.39. The van der Waals surface area contributed by atoms with Crippen molar-refractivity contribution in [1.29, 1.82) is 0 Å². The van der Waals surface area contributed by atoms with E-state index in [0.717, 1.165) is 12.4 Å². The predicted molar refractivity (Wildman–Crippen MR) is 59.7 cm³/mol. The molecule has 0 bridgehead atoms. The number of benzene rings is 1. The topological polar surface area (TPSA) is 9.23 Å². The molecule has 1 nitrogen and oxygen atoms in total. The molecule has 1 unspecified atom stereocenters. The van der Waals surface area contributed by atoms with Crippen LogP contribution >= 0.6 is 15.9 Å². The summed E-state index contributed by atoms with van der Waals surface area (Å²) in [6.07, 6.45) is 0. The summed E-state index contributed by atoms with van der Waals surface area (Å²) in [5.74, 6) is 0.984. The Morgan fingerprint density at radius 1 is 1.46 bits per heavy atom. The first-order valence-corrected chi connectivity index (χ1v) is 5.44. The lowest BCUT2D eigenvalue weighted by molar-refractivity contribution is 0.336. The number of ether oxygens (including phenoxy) is 1. The van der Waals surface area contributed by atoms with E-state index in [1.54, 1.807) is 0 Å². The number of halogens is 1. The Balaban J connectivity index is 3.03. The molecular formula is C11H15BrO. The lowest BCUT2D eigenvalue weighted by Gasteiger charge is -2.12. The van der Waals surface area contributed by atoms with Gasteiger partial charge in [0.2, 0.25) is 0 Å². The SMILES string of the molecule is CCOc1ccc(C)cc1C(C)Br. The van der Waals surface area contributed by atoms with Crippen LogP contribution in [-0.4, -0.2) is 6.61 Å². The molecule has 0 amide bonds. The molecule has 0 aliphatic rings. The van der Waals surface area contributed by atoms with Crippen LogP contribution in [-0.2, 0) is 0 Å². The molecule has 0 radical (unpaired) electrons. The average molecular weight is 243 g/mol. The minimum atomic E-state index is 0.342. The van der Waals surface area contributed by atoms with Crippen LogP contribution in [0.1, 0.15) is 29.8 Å². The van der Waals surface area contributed by atoms with E-state index in [1.165, 1.54) is 11.1 Å². The maximum Gasteiger partial charge on any atom is 0.123 e. The maximum absolute atomic E-state index is 5.52. The van der Waals surface area contributed by atoms with Gasteiger partial charge in [-0.2, -0.15) is 0 Å². The van der Waals surface area contributed by atoms with Gasteiger partial charge in [-0.15, -0.1) is 0 Å². The van der Waals surface area contributed by atoms with Crippen LogP contribution in [0.3, 0.4) is 0 Å². The highest BCUT2D eigenvalue weighted by Gasteiger charge is 2.08. The molecule has 0 aromatic heterocycles. The average Bonchev–Trinajstić information content (AvgIpc) is 2.08. The number of aryl methyl sites for hydroxylation is 1. The van der Waals surface area contributed by atoms with Crippen molar-refractivity contribution in [3.8, 4) is 5.75 Å². The quantitative estimate of drug-likeness (QED) is 0.732. The molecule has 1 aromatic rings. The van der Waals surface area contributed by atoms with Gasteiger partial charge < -0.3 is 4.74 Å². The molecule has 0 N–H and O–H groups in total. The molecular weight excluding hydrogens is 228 g/mol. The van der Waals surface area contributed by atoms with E-state index in [4.69, 9.17) is 4.74 Å². The summed E-state index contributed by atoms with van der Waals surface area (Å²) in [6, 6.07) is 6.26. The fourth-order valence-corrected chi connectivity index (χ4v) is 1.62. The minimum absolute atomic E-state index is 0.342. The Hall–Kier alpha value is -0.500. The zero-order chi connectivity index (χ0) is 9.84. The summed E-state index contributed by atoms with van der Waals surface area (Å²) < 4.78 is 5.52. The van der Waals surface area contributed by atoms with Gasteiger partial charge in [0.05, 0.1) is 6.61 Å². The molecule has 0 saturated carbocycles. The van der Waals surface area contributed by atoms with E-state index in [1.807, 2.05) is 13.0 Å². The third-order valence-electron chi connectivity index (χ3n) is 1.89.